The van der Waals surface area contributed by atoms with Crippen LogP contribution in [0.1, 0.15) is 44.6 Å². The second-order valence-corrected chi connectivity index (χ2v) is 6.96. The van der Waals surface area contributed by atoms with Crippen LogP contribution in [0.2, 0.25) is 0 Å². The molecule has 1 aromatic carbocycles. The lowest BCUT2D eigenvalue weighted by Crippen LogP contribution is -2.50. The lowest BCUT2D eigenvalue weighted by atomic mass is 9.89. The Morgan fingerprint density at radius 1 is 1.25 bits per heavy atom. The summed E-state index contributed by atoms with van der Waals surface area (Å²) in [5, 5.41) is 1.79. The smallest absolute Gasteiger partial charge is 0.303 e. The summed E-state index contributed by atoms with van der Waals surface area (Å²) in [7, 11) is 0. The van der Waals surface area contributed by atoms with Crippen LogP contribution in [0.15, 0.2) is 30.3 Å². The minimum Gasteiger partial charge on any atom is -0.459 e. The fourth-order valence-corrected chi connectivity index (χ4v) is 3.50. The highest BCUT2D eigenvalue weighted by molar-refractivity contribution is 5.66. The van der Waals surface area contributed by atoms with Crippen molar-refractivity contribution in [1.82, 2.24) is 5.01 Å². The molecule has 0 aliphatic heterocycles. The maximum Gasteiger partial charge on any atom is 0.303 e. The molecule has 0 amide bonds. The molecule has 0 heterocycles. The second-order valence-electron chi connectivity index (χ2n) is 6.96. The molecule has 134 valence electrons. The third-order valence-electron chi connectivity index (χ3n) is 4.74. The van der Waals surface area contributed by atoms with Crippen LogP contribution in [0.3, 0.4) is 0 Å². The number of carbonyl (C=O) groups is 1. The Labute approximate surface area is 145 Å². The average molecular weight is 333 g/mol. The number of benzene rings is 1. The van der Waals surface area contributed by atoms with E-state index in [2.05, 4.69) is 0 Å². The number of nitrogens with two attached hydrogens (primary N) is 2. The molecule has 5 heteroatoms. The molecule has 0 spiro atoms. The van der Waals surface area contributed by atoms with Gasteiger partial charge in [-0.3, -0.25) is 10.6 Å². The Balaban J connectivity index is 1.89. The normalized spacial score (nSPS) is 18.3. The zero-order chi connectivity index (χ0) is 17.4. The zero-order valence-corrected chi connectivity index (χ0v) is 14.7. The number of rotatable bonds is 8. The van der Waals surface area contributed by atoms with Gasteiger partial charge in [0.1, 0.15) is 6.10 Å². The van der Waals surface area contributed by atoms with E-state index in [1.807, 2.05) is 30.3 Å². The lowest BCUT2D eigenvalue weighted by Gasteiger charge is -2.31. The van der Waals surface area contributed by atoms with Crippen molar-refractivity contribution < 1.29 is 9.53 Å². The molecule has 2 atom stereocenters. The molecular formula is C19H31N3O2. The molecule has 0 bridgehead atoms. The van der Waals surface area contributed by atoms with Crippen molar-refractivity contribution in [2.75, 3.05) is 13.1 Å². The van der Waals surface area contributed by atoms with Gasteiger partial charge in [-0.25, -0.2) is 5.01 Å². The molecule has 0 aromatic heterocycles. The van der Waals surface area contributed by atoms with Gasteiger partial charge >= 0.3 is 5.97 Å². The van der Waals surface area contributed by atoms with E-state index >= 15 is 0 Å². The summed E-state index contributed by atoms with van der Waals surface area (Å²) in [6, 6.07) is 9.75. The zero-order valence-electron chi connectivity index (χ0n) is 14.7. The number of carbonyl (C=O) groups excluding carboxylic acids is 1. The first-order valence-electron chi connectivity index (χ1n) is 9.01. The topological polar surface area (TPSA) is 81.6 Å². The SMILES string of the molecule is CC(=O)O[C@@H](CN(N)CC1CCCCC1)[C@@H](N)Cc1ccccc1. The molecule has 4 N–H and O–H groups in total. The molecule has 1 aliphatic rings. The van der Waals surface area contributed by atoms with Crippen LogP contribution >= 0.6 is 0 Å². The van der Waals surface area contributed by atoms with Gasteiger partial charge in [-0.05, 0) is 30.7 Å². The minimum absolute atomic E-state index is 0.270. The van der Waals surface area contributed by atoms with E-state index in [1.54, 1.807) is 5.01 Å². The number of hydrazine groups is 1. The van der Waals surface area contributed by atoms with E-state index in [9.17, 15) is 4.79 Å². The van der Waals surface area contributed by atoms with Crippen LogP contribution in [-0.4, -0.2) is 36.2 Å². The van der Waals surface area contributed by atoms with Crippen LogP contribution in [0.5, 0.6) is 0 Å². The van der Waals surface area contributed by atoms with E-state index in [1.165, 1.54) is 39.0 Å². The number of esters is 1. The van der Waals surface area contributed by atoms with E-state index in [0.29, 0.717) is 18.9 Å². The van der Waals surface area contributed by atoms with Gasteiger partial charge in [0.2, 0.25) is 0 Å². The highest BCUT2D eigenvalue weighted by Gasteiger charge is 2.25. The first kappa shape index (κ1) is 18.9. The lowest BCUT2D eigenvalue weighted by molar-refractivity contribution is -0.148. The number of ether oxygens (including phenoxy) is 1. The number of nitrogens with zero attached hydrogens (tertiary/aromatic N) is 1. The summed E-state index contributed by atoms with van der Waals surface area (Å²) >= 11 is 0. The summed E-state index contributed by atoms with van der Waals surface area (Å²) in [6.45, 7) is 2.74. The summed E-state index contributed by atoms with van der Waals surface area (Å²) in [5.41, 5.74) is 7.46. The predicted octanol–water partition coefficient (Wildman–Crippen LogP) is 2.24. The molecule has 0 unspecified atom stereocenters. The van der Waals surface area contributed by atoms with Crippen LogP contribution in [0.25, 0.3) is 0 Å². The Morgan fingerprint density at radius 2 is 1.92 bits per heavy atom. The van der Waals surface area contributed by atoms with Crippen molar-refractivity contribution in [3.63, 3.8) is 0 Å². The Morgan fingerprint density at radius 3 is 2.54 bits per heavy atom. The van der Waals surface area contributed by atoms with E-state index in [0.717, 1.165) is 12.1 Å². The van der Waals surface area contributed by atoms with Crippen molar-refractivity contribution in [2.24, 2.45) is 17.5 Å². The van der Waals surface area contributed by atoms with Gasteiger partial charge in [0, 0.05) is 19.5 Å². The van der Waals surface area contributed by atoms with Gasteiger partial charge in [-0.2, -0.15) is 0 Å². The third-order valence-corrected chi connectivity index (χ3v) is 4.74. The number of hydrogen-bond donors (Lipinski definition) is 2. The summed E-state index contributed by atoms with van der Waals surface area (Å²) in [5.74, 6) is 6.53. The van der Waals surface area contributed by atoms with Crippen molar-refractivity contribution >= 4 is 5.97 Å². The summed E-state index contributed by atoms with van der Waals surface area (Å²) in [4.78, 5) is 11.4. The molecular weight excluding hydrogens is 302 g/mol. The fraction of sp³-hybridized carbons (Fsp3) is 0.632. The van der Waals surface area contributed by atoms with Crippen molar-refractivity contribution in [1.29, 1.82) is 0 Å². The molecule has 1 saturated carbocycles. The maximum atomic E-state index is 11.4. The van der Waals surface area contributed by atoms with Gasteiger partial charge in [-0.1, -0.05) is 49.6 Å². The van der Waals surface area contributed by atoms with Crippen LogP contribution in [-0.2, 0) is 16.0 Å². The highest BCUT2D eigenvalue weighted by atomic mass is 16.5. The van der Waals surface area contributed by atoms with Gasteiger partial charge in [0.15, 0.2) is 0 Å². The molecule has 1 aromatic rings. The second kappa shape index (κ2) is 9.77. The summed E-state index contributed by atoms with van der Waals surface area (Å²) in [6.07, 6.45) is 6.66. The molecule has 1 aliphatic carbocycles. The van der Waals surface area contributed by atoms with E-state index < -0.39 is 6.10 Å². The van der Waals surface area contributed by atoms with Gasteiger partial charge in [0.05, 0.1) is 6.54 Å². The third kappa shape index (κ3) is 6.59. The molecule has 24 heavy (non-hydrogen) atoms. The van der Waals surface area contributed by atoms with Crippen LogP contribution < -0.4 is 11.6 Å². The molecule has 1 fully saturated rings. The van der Waals surface area contributed by atoms with E-state index in [4.69, 9.17) is 16.3 Å². The fourth-order valence-electron chi connectivity index (χ4n) is 3.50. The minimum atomic E-state index is -0.392. The van der Waals surface area contributed by atoms with Crippen LogP contribution in [0, 0.1) is 5.92 Å². The first-order valence-corrected chi connectivity index (χ1v) is 9.01. The maximum absolute atomic E-state index is 11.4. The molecule has 0 saturated heterocycles. The number of hydrogen-bond acceptors (Lipinski definition) is 5. The molecule has 5 nitrogen and oxygen atoms in total. The monoisotopic (exact) mass is 333 g/mol. The van der Waals surface area contributed by atoms with Gasteiger partial charge in [0.25, 0.3) is 0 Å². The van der Waals surface area contributed by atoms with Gasteiger partial charge in [-0.15, -0.1) is 0 Å². The Hall–Kier alpha value is -1.43. The molecule has 2 rings (SSSR count). The van der Waals surface area contributed by atoms with Gasteiger partial charge < -0.3 is 10.5 Å². The standard InChI is InChI=1S/C19H31N3O2/c1-15(23)24-19(18(20)12-16-8-4-2-5-9-16)14-22(21)13-17-10-6-3-7-11-17/h2,4-5,8-9,17-19H,3,6-7,10-14,20-21H2,1H3/t18-,19-/m0/s1. The summed E-state index contributed by atoms with van der Waals surface area (Å²) < 4.78 is 5.46. The Bertz CT molecular complexity index is 489. The quantitative estimate of drug-likeness (QED) is 0.433. The van der Waals surface area contributed by atoms with Crippen molar-refractivity contribution in [3.8, 4) is 0 Å². The predicted molar refractivity (Wildman–Crippen MR) is 96.0 cm³/mol. The molecule has 0 radical (unpaired) electrons. The largest absolute Gasteiger partial charge is 0.459 e. The highest BCUT2D eigenvalue weighted by Crippen LogP contribution is 2.24. The first-order chi connectivity index (χ1) is 11.5. The Kier molecular flexibility index (Phi) is 7.69. The van der Waals surface area contributed by atoms with E-state index in [-0.39, 0.29) is 12.0 Å². The average Bonchev–Trinajstić information content (AvgIpc) is 2.55. The van der Waals surface area contributed by atoms with Crippen LogP contribution in [0.4, 0.5) is 0 Å². The van der Waals surface area contributed by atoms with Crippen molar-refractivity contribution in [2.45, 2.75) is 57.6 Å². The van der Waals surface area contributed by atoms with Crippen molar-refractivity contribution in [3.05, 3.63) is 35.9 Å².